The van der Waals surface area contributed by atoms with Crippen molar-refractivity contribution >= 4 is 99.3 Å². The van der Waals surface area contributed by atoms with Crippen LogP contribution in [0.1, 0.15) is 0 Å². The van der Waals surface area contributed by atoms with E-state index in [-0.39, 0.29) is 50.0 Å². The van der Waals surface area contributed by atoms with Gasteiger partial charge in [0, 0.05) is 0 Å². The summed E-state index contributed by atoms with van der Waals surface area (Å²) in [5.41, 5.74) is 0. The second kappa shape index (κ2) is 55.1. The van der Waals surface area contributed by atoms with Gasteiger partial charge in [-0.3, -0.25) is 0 Å². The van der Waals surface area contributed by atoms with Crippen molar-refractivity contribution in [3.05, 3.63) is 0 Å². The summed E-state index contributed by atoms with van der Waals surface area (Å²) in [6.07, 6.45) is 0. The molecule has 0 spiro atoms. The zero-order valence-corrected chi connectivity index (χ0v) is 22.0. The molecule has 0 heterocycles. The molecule has 0 aromatic carbocycles. The van der Waals surface area contributed by atoms with Gasteiger partial charge in [0.25, 0.3) is 0 Å². The Morgan fingerprint density at radius 2 is 0.625 bits per heavy atom. The zero-order chi connectivity index (χ0) is 6.00. The number of hydrogen-bond acceptors (Lipinski definition) is 0. The molecule has 0 fully saturated rings. The first-order chi connectivity index (χ1) is 3.00. The summed E-state index contributed by atoms with van der Waals surface area (Å²) in [7, 11) is 0. The molecule has 0 saturated carbocycles. The summed E-state index contributed by atoms with van der Waals surface area (Å²) in [5.74, 6) is 0. The van der Waals surface area contributed by atoms with Gasteiger partial charge in [-0.1, -0.05) is 0 Å². The molecule has 0 rings (SSSR count). The molecule has 0 bridgehead atoms. The van der Waals surface area contributed by atoms with Crippen molar-refractivity contribution in [2.45, 2.75) is 0 Å². The molecule has 0 aliphatic heterocycles. The van der Waals surface area contributed by atoms with E-state index < -0.39 is 0 Å². The Labute approximate surface area is 145 Å². The Hall–Kier alpha value is 5.42. The third-order valence-corrected chi connectivity index (χ3v) is 0. The second-order valence-corrected chi connectivity index (χ2v) is 0. The van der Waals surface area contributed by atoms with Crippen LogP contribution in [-0.2, 0) is 50.0 Å². The fourth-order valence-corrected chi connectivity index (χ4v) is 0. The first-order valence-electron chi connectivity index (χ1n) is 0.463. The van der Waals surface area contributed by atoms with Crippen LogP contribution in [-0.4, -0.2) is 38.3 Å². The van der Waals surface area contributed by atoms with E-state index in [4.69, 9.17) is 0 Å². The maximum absolute atomic E-state index is 2.60. The van der Waals surface area contributed by atoms with Crippen molar-refractivity contribution in [3.63, 3.8) is 0 Å². The molecule has 0 radical (unpaired) electrons. The molecule has 0 aliphatic carbocycles. The van der Waals surface area contributed by atoms with Crippen molar-refractivity contribution in [2.75, 3.05) is 0 Å². The fraction of sp³-hybridized carbons (Fsp3) is 0. The number of rotatable bonds is 0. The molecule has 0 aromatic heterocycles. The molecule has 8 heavy (non-hydrogen) atoms. The van der Waals surface area contributed by atoms with Gasteiger partial charge in [-0.05, 0) is 0 Å². The van der Waals surface area contributed by atoms with Gasteiger partial charge in [-0.15, -0.1) is 0 Å². The molecule has 0 N–H and O–H groups in total. The normalized spacial score (nSPS) is 2.25. The van der Waals surface area contributed by atoms with Gasteiger partial charge in [-0.25, -0.2) is 0 Å². The van der Waals surface area contributed by atoms with Gasteiger partial charge < -0.3 is 0 Å². The van der Waals surface area contributed by atoms with Crippen LogP contribution >= 0.6 is 61.0 Å². The van der Waals surface area contributed by atoms with Gasteiger partial charge in [0.1, 0.15) is 0 Å². The third kappa shape index (κ3) is 42.2. The molecule has 0 nitrogen and oxygen atoms in total. The average Bonchev–Trinajstić information content (AvgIpc) is 1.81. The van der Waals surface area contributed by atoms with E-state index in [0.717, 1.165) is 0 Å². The van der Waals surface area contributed by atoms with E-state index in [1.54, 1.807) is 0 Å². The van der Waals surface area contributed by atoms with Crippen molar-refractivity contribution < 1.29 is 50.0 Å². The molecule has 0 amide bonds. The van der Waals surface area contributed by atoms with Gasteiger partial charge in [-0.2, -0.15) is 0 Å². The number of halogens is 3. The fourth-order valence-electron chi connectivity index (χ4n) is 0. The first kappa shape index (κ1) is 29.2. The Bertz CT molecular complexity index is 14.5. The van der Waals surface area contributed by atoms with Gasteiger partial charge in [0.15, 0.2) is 0 Å². The predicted octanol–water partition coefficient (Wildman–Crippen LogP) is 1.51. The zero-order valence-electron chi connectivity index (χ0n) is 3.37. The van der Waals surface area contributed by atoms with Gasteiger partial charge >= 0.3 is 149 Å². The summed E-state index contributed by atoms with van der Waals surface area (Å²) < 4.78 is 0. The van der Waals surface area contributed by atoms with Crippen LogP contribution < -0.4 is 0 Å². The van der Waals surface area contributed by atoms with E-state index in [1.807, 2.05) is 61.0 Å². The third-order valence-electron chi connectivity index (χ3n) is 0. The van der Waals surface area contributed by atoms with Crippen LogP contribution in [0, 0.1) is 0 Å². The van der Waals surface area contributed by atoms with Crippen LogP contribution in [0.5, 0.6) is 0 Å². The van der Waals surface area contributed by atoms with Crippen molar-refractivity contribution in [2.24, 2.45) is 0 Å². The Morgan fingerprint density at radius 3 is 0.625 bits per heavy atom. The van der Waals surface area contributed by atoms with Gasteiger partial charge in [0.05, 0.1) is 0 Å². The minimum atomic E-state index is 0. The van der Waals surface area contributed by atoms with E-state index in [2.05, 4.69) is 38.3 Å². The average molecular weight is 926 g/mol. The molecule has 0 aromatic rings. The quantitative estimate of drug-likeness (QED) is 0.256. The van der Waals surface area contributed by atoms with Crippen LogP contribution in [0.3, 0.4) is 0 Å². The molecule has 0 aliphatic rings. The topological polar surface area (TPSA) is 0 Å². The number of hydrogen-bond donors (Lipinski definition) is 0. The summed E-state index contributed by atoms with van der Waals surface area (Å²) >= 11 is 13.9. The molecule has 8 heteroatoms. The summed E-state index contributed by atoms with van der Waals surface area (Å²) in [5, 5.41) is 0. The van der Waals surface area contributed by atoms with Gasteiger partial charge in [0.2, 0.25) is 0 Å². The molecule has 0 atom stereocenters. The molecular formula is AgHgI3Se3. The Kier molecular flexibility index (Phi) is 201. The van der Waals surface area contributed by atoms with Crippen molar-refractivity contribution in [3.8, 4) is 0 Å². The Balaban J connectivity index is -0.00000000500. The van der Waals surface area contributed by atoms with E-state index in [1.165, 1.54) is 0 Å². The van der Waals surface area contributed by atoms with Crippen LogP contribution in [0.2, 0.25) is 0 Å². The van der Waals surface area contributed by atoms with Crippen LogP contribution in [0.25, 0.3) is 0 Å². The molecule has 52 valence electrons. The van der Waals surface area contributed by atoms with E-state index >= 15 is 0 Å². The Morgan fingerprint density at radius 1 is 0.625 bits per heavy atom. The van der Waals surface area contributed by atoms with Crippen molar-refractivity contribution in [1.82, 2.24) is 0 Å². The second-order valence-electron chi connectivity index (χ2n) is 0. The summed E-state index contributed by atoms with van der Waals surface area (Å²) in [4.78, 5) is 0. The standard InChI is InChI=1S/Ag.Hg.3ISe/c;;3*1-2/q+1;+2;3*-1. The summed E-state index contributed by atoms with van der Waals surface area (Å²) in [6.45, 7) is 0. The summed E-state index contributed by atoms with van der Waals surface area (Å²) in [6, 6.07) is 0. The van der Waals surface area contributed by atoms with Crippen molar-refractivity contribution in [1.29, 1.82) is 0 Å². The predicted molar refractivity (Wildman–Crippen MR) is 59.3 cm³/mol. The molecule has 0 unspecified atom stereocenters. The molecular weight excluding hydrogens is 926 g/mol. The maximum atomic E-state index is 2.60. The SMILES string of the molecule is [Ag+].[Hg+2].[Se-]I.[Se-]I.[Se-]I. The monoisotopic (exact) mass is 929 g/mol. The molecule has 0 saturated heterocycles. The van der Waals surface area contributed by atoms with E-state index in [0.29, 0.717) is 0 Å². The van der Waals surface area contributed by atoms with E-state index in [9.17, 15) is 0 Å². The minimum absolute atomic E-state index is 0. The van der Waals surface area contributed by atoms with Crippen LogP contribution in [0.15, 0.2) is 0 Å². The first-order valence-corrected chi connectivity index (χ1v) is 16.1. The van der Waals surface area contributed by atoms with Crippen LogP contribution in [0.4, 0.5) is 0 Å².